The summed E-state index contributed by atoms with van der Waals surface area (Å²) in [5.41, 5.74) is 1.78. The lowest BCUT2D eigenvalue weighted by Crippen LogP contribution is -2.34. The van der Waals surface area contributed by atoms with E-state index in [1.54, 1.807) is 0 Å². The molecule has 1 heterocycles. The number of urea groups is 1. The fourth-order valence-electron chi connectivity index (χ4n) is 2.18. The molecule has 0 aliphatic carbocycles. The summed E-state index contributed by atoms with van der Waals surface area (Å²) >= 11 is 1.29. The molecule has 3 N–H and O–H groups in total. The van der Waals surface area contributed by atoms with Crippen molar-refractivity contribution in [2.75, 3.05) is 11.9 Å². The number of amides is 2. The summed E-state index contributed by atoms with van der Waals surface area (Å²) in [7, 11) is 0. The van der Waals surface area contributed by atoms with Crippen molar-refractivity contribution < 1.29 is 9.90 Å². The first-order chi connectivity index (χ1) is 11.8. The quantitative estimate of drug-likeness (QED) is 0.666. The standard InChI is InChI=1S/C17H16N4O2S/c22-11-14(12-7-3-1-4-8-12)18-16(23)19-17-21-20-15(24-17)13-9-5-2-6-10-13/h1-10,14,22H,11H2,(H2,18,19,21,23)/t14-/m1/s1. The van der Waals surface area contributed by atoms with E-state index in [0.717, 1.165) is 16.1 Å². The number of rotatable bonds is 5. The first-order valence-electron chi connectivity index (χ1n) is 7.38. The van der Waals surface area contributed by atoms with E-state index in [-0.39, 0.29) is 6.61 Å². The summed E-state index contributed by atoms with van der Waals surface area (Å²) in [5, 5.41) is 24.0. The van der Waals surface area contributed by atoms with Gasteiger partial charge in [0.2, 0.25) is 5.13 Å². The zero-order chi connectivity index (χ0) is 16.8. The number of hydrogen-bond donors (Lipinski definition) is 3. The van der Waals surface area contributed by atoms with Crippen LogP contribution in [-0.2, 0) is 0 Å². The fraction of sp³-hybridized carbons (Fsp3) is 0.118. The smallest absolute Gasteiger partial charge is 0.321 e. The van der Waals surface area contributed by atoms with E-state index < -0.39 is 12.1 Å². The maximum Gasteiger partial charge on any atom is 0.321 e. The third-order valence-corrected chi connectivity index (χ3v) is 4.24. The maximum atomic E-state index is 12.1. The molecular formula is C17H16N4O2S. The summed E-state index contributed by atoms with van der Waals surface area (Å²) < 4.78 is 0. The highest BCUT2D eigenvalue weighted by Gasteiger charge is 2.15. The molecule has 3 aromatic rings. The number of hydrogen-bond acceptors (Lipinski definition) is 5. The van der Waals surface area contributed by atoms with Gasteiger partial charge in [0.15, 0.2) is 0 Å². The Bertz CT molecular complexity index is 793. The molecule has 2 amide bonds. The van der Waals surface area contributed by atoms with Gasteiger partial charge in [0.1, 0.15) is 5.01 Å². The predicted molar refractivity (Wildman–Crippen MR) is 93.8 cm³/mol. The number of aromatic nitrogens is 2. The van der Waals surface area contributed by atoms with Crippen LogP contribution in [0.3, 0.4) is 0 Å². The van der Waals surface area contributed by atoms with Crippen molar-refractivity contribution in [1.82, 2.24) is 15.5 Å². The normalized spacial score (nSPS) is 11.7. The van der Waals surface area contributed by atoms with Crippen molar-refractivity contribution >= 4 is 22.5 Å². The molecule has 0 radical (unpaired) electrons. The number of nitrogens with one attached hydrogen (secondary N) is 2. The van der Waals surface area contributed by atoms with Gasteiger partial charge < -0.3 is 10.4 Å². The molecule has 2 aromatic carbocycles. The highest BCUT2D eigenvalue weighted by atomic mass is 32.1. The van der Waals surface area contributed by atoms with Crippen molar-refractivity contribution in [1.29, 1.82) is 0 Å². The second-order valence-electron chi connectivity index (χ2n) is 5.02. The molecule has 0 spiro atoms. The van der Waals surface area contributed by atoms with E-state index in [1.807, 2.05) is 60.7 Å². The molecule has 0 bridgehead atoms. The summed E-state index contributed by atoms with van der Waals surface area (Å²) in [6, 6.07) is 18.0. The Morgan fingerprint density at radius 3 is 2.38 bits per heavy atom. The fourth-order valence-corrected chi connectivity index (χ4v) is 2.93. The minimum atomic E-state index is -0.479. The van der Waals surface area contributed by atoms with Crippen molar-refractivity contribution in [3.8, 4) is 10.6 Å². The van der Waals surface area contributed by atoms with Crippen LogP contribution in [0.4, 0.5) is 9.93 Å². The number of aliphatic hydroxyl groups is 1. The third-order valence-electron chi connectivity index (χ3n) is 3.36. The Balaban J connectivity index is 1.64. The summed E-state index contributed by atoms with van der Waals surface area (Å²) in [4.78, 5) is 12.1. The van der Waals surface area contributed by atoms with Gasteiger partial charge in [0, 0.05) is 5.56 Å². The molecule has 24 heavy (non-hydrogen) atoms. The van der Waals surface area contributed by atoms with Gasteiger partial charge in [-0.3, -0.25) is 5.32 Å². The molecule has 1 aromatic heterocycles. The Hall–Kier alpha value is -2.77. The highest BCUT2D eigenvalue weighted by molar-refractivity contribution is 7.18. The monoisotopic (exact) mass is 340 g/mol. The van der Waals surface area contributed by atoms with E-state index in [0.29, 0.717) is 5.13 Å². The average molecular weight is 340 g/mol. The van der Waals surface area contributed by atoms with Crippen LogP contribution in [-0.4, -0.2) is 27.9 Å². The van der Waals surface area contributed by atoms with Crippen LogP contribution in [0.25, 0.3) is 10.6 Å². The predicted octanol–water partition coefficient (Wildman–Crippen LogP) is 3.06. The van der Waals surface area contributed by atoms with Gasteiger partial charge in [-0.1, -0.05) is 72.0 Å². The molecule has 0 saturated carbocycles. The van der Waals surface area contributed by atoms with E-state index in [2.05, 4.69) is 20.8 Å². The molecule has 6 nitrogen and oxygen atoms in total. The van der Waals surface area contributed by atoms with Crippen molar-refractivity contribution in [3.63, 3.8) is 0 Å². The largest absolute Gasteiger partial charge is 0.394 e. The highest BCUT2D eigenvalue weighted by Crippen LogP contribution is 2.25. The molecule has 0 saturated heterocycles. The van der Waals surface area contributed by atoms with Crippen LogP contribution in [0.15, 0.2) is 60.7 Å². The minimum Gasteiger partial charge on any atom is -0.394 e. The second kappa shape index (κ2) is 7.67. The van der Waals surface area contributed by atoms with E-state index in [4.69, 9.17) is 0 Å². The van der Waals surface area contributed by atoms with Gasteiger partial charge in [-0.2, -0.15) is 0 Å². The van der Waals surface area contributed by atoms with Gasteiger partial charge in [0.05, 0.1) is 12.6 Å². The molecule has 1 atom stereocenters. The molecular weight excluding hydrogens is 324 g/mol. The van der Waals surface area contributed by atoms with Crippen molar-refractivity contribution in [2.24, 2.45) is 0 Å². The Kier molecular flexibility index (Phi) is 5.15. The van der Waals surface area contributed by atoms with Crippen LogP contribution in [0, 0.1) is 0 Å². The van der Waals surface area contributed by atoms with E-state index in [9.17, 15) is 9.90 Å². The topological polar surface area (TPSA) is 87.1 Å². The van der Waals surface area contributed by atoms with Crippen LogP contribution in [0.5, 0.6) is 0 Å². The Labute approximate surface area is 143 Å². The Morgan fingerprint density at radius 1 is 1.04 bits per heavy atom. The van der Waals surface area contributed by atoms with Crippen LogP contribution in [0.1, 0.15) is 11.6 Å². The Morgan fingerprint density at radius 2 is 1.71 bits per heavy atom. The lowest BCUT2D eigenvalue weighted by Gasteiger charge is -2.16. The number of anilines is 1. The van der Waals surface area contributed by atoms with Gasteiger partial charge in [-0.05, 0) is 5.56 Å². The number of aliphatic hydroxyl groups excluding tert-OH is 1. The van der Waals surface area contributed by atoms with Crippen molar-refractivity contribution in [3.05, 3.63) is 66.2 Å². The van der Waals surface area contributed by atoms with Gasteiger partial charge in [-0.25, -0.2) is 4.79 Å². The first kappa shape index (κ1) is 16.1. The molecule has 0 aliphatic heterocycles. The first-order valence-corrected chi connectivity index (χ1v) is 8.20. The zero-order valence-electron chi connectivity index (χ0n) is 12.7. The van der Waals surface area contributed by atoms with E-state index in [1.165, 1.54) is 11.3 Å². The van der Waals surface area contributed by atoms with Crippen LogP contribution in [0.2, 0.25) is 0 Å². The molecule has 0 aliphatic rings. The average Bonchev–Trinajstić information content (AvgIpc) is 3.09. The number of nitrogens with zero attached hydrogens (tertiary/aromatic N) is 2. The summed E-state index contributed by atoms with van der Waals surface area (Å²) in [6.07, 6.45) is 0. The third kappa shape index (κ3) is 3.95. The summed E-state index contributed by atoms with van der Waals surface area (Å²) in [6.45, 7) is -0.192. The van der Waals surface area contributed by atoms with Crippen molar-refractivity contribution in [2.45, 2.75) is 6.04 Å². The van der Waals surface area contributed by atoms with Gasteiger partial charge >= 0.3 is 6.03 Å². The molecule has 122 valence electrons. The number of carbonyl (C=O) groups excluding carboxylic acids is 1. The van der Waals surface area contributed by atoms with Gasteiger partial charge in [0.25, 0.3) is 0 Å². The molecule has 0 unspecified atom stereocenters. The number of carbonyl (C=O) groups is 1. The lowest BCUT2D eigenvalue weighted by atomic mass is 10.1. The summed E-state index contributed by atoms with van der Waals surface area (Å²) in [5.74, 6) is 0. The SMILES string of the molecule is O=C(Nc1nnc(-c2ccccc2)s1)N[C@H](CO)c1ccccc1. The maximum absolute atomic E-state index is 12.1. The number of benzene rings is 2. The van der Waals surface area contributed by atoms with Crippen LogP contribution >= 0.6 is 11.3 Å². The van der Waals surface area contributed by atoms with Gasteiger partial charge in [-0.15, -0.1) is 10.2 Å². The minimum absolute atomic E-state index is 0.192. The molecule has 3 rings (SSSR count). The van der Waals surface area contributed by atoms with E-state index >= 15 is 0 Å². The second-order valence-corrected chi connectivity index (χ2v) is 6.00. The molecule has 7 heteroatoms. The molecule has 0 fully saturated rings. The van der Waals surface area contributed by atoms with Crippen LogP contribution < -0.4 is 10.6 Å². The lowest BCUT2D eigenvalue weighted by molar-refractivity contribution is 0.225. The zero-order valence-corrected chi connectivity index (χ0v) is 13.5.